The van der Waals surface area contributed by atoms with E-state index in [4.69, 9.17) is 5.11 Å². The van der Waals surface area contributed by atoms with Gasteiger partial charge in [0, 0.05) is 12.1 Å². The second-order valence-electron chi connectivity index (χ2n) is 7.99. The predicted octanol–water partition coefficient (Wildman–Crippen LogP) is 2.55. The van der Waals surface area contributed by atoms with E-state index in [1.807, 2.05) is 6.07 Å². The Morgan fingerprint density at radius 2 is 1.59 bits per heavy atom. The topological polar surface area (TPSA) is 127 Å². The molecule has 1 aromatic rings. The van der Waals surface area contributed by atoms with Crippen molar-refractivity contribution < 1.29 is 30.0 Å². The number of carboxylic acid groups (broad SMARTS) is 1. The van der Waals surface area contributed by atoms with E-state index < -0.39 is 30.2 Å². The van der Waals surface area contributed by atoms with Crippen molar-refractivity contribution in [2.45, 2.75) is 76.1 Å². The van der Waals surface area contributed by atoms with Crippen LogP contribution in [0.1, 0.15) is 57.8 Å². The van der Waals surface area contributed by atoms with Gasteiger partial charge in [-0.25, -0.2) is 0 Å². The number of carboxylic acids is 1. The number of hydrogen-bond donors (Lipinski definition) is 5. The molecule has 7 nitrogen and oxygen atoms in total. The summed E-state index contributed by atoms with van der Waals surface area (Å²) in [6.45, 7) is 0. The van der Waals surface area contributed by atoms with Gasteiger partial charge >= 0.3 is 5.97 Å². The van der Waals surface area contributed by atoms with Gasteiger partial charge in [-0.1, -0.05) is 37.5 Å². The number of rotatable bonds is 12. The van der Waals surface area contributed by atoms with Gasteiger partial charge in [-0.2, -0.15) is 0 Å². The second-order valence-corrected chi connectivity index (χ2v) is 7.99. The molecule has 0 heterocycles. The molecule has 162 valence electrons. The summed E-state index contributed by atoms with van der Waals surface area (Å²) in [5, 5.41) is 42.1. The fourth-order valence-corrected chi connectivity index (χ4v) is 4.22. The van der Waals surface area contributed by atoms with E-state index in [1.54, 1.807) is 24.3 Å². The Morgan fingerprint density at radius 1 is 0.966 bits per heavy atom. The number of hydrogen-bond acceptors (Lipinski definition) is 5. The van der Waals surface area contributed by atoms with E-state index >= 15 is 0 Å². The number of para-hydroxylation sites is 1. The Hall–Kier alpha value is -1.96. The molecule has 1 aromatic carbocycles. The molecule has 29 heavy (non-hydrogen) atoms. The third-order valence-electron chi connectivity index (χ3n) is 5.82. The average molecular weight is 408 g/mol. The number of aliphatic carboxylic acids is 1. The Morgan fingerprint density at radius 3 is 2.24 bits per heavy atom. The lowest BCUT2D eigenvalue weighted by Gasteiger charge is -2.24. The summed E-state index contributed by atoms with van der Waals surface area (Å²) < 4.78 is 0. The van der Waals surface area contributed by atoms with Crippen molar-refractivity contribution in [3.05, 3.63) is 30.3 Å². The number of benzene rings is 1. The third kappa shape index (κ3) is 7.76. The predicted molar refractivity (Wildman–Crippen MR) is 109 cm³/mol. The zero-order chi connectivity index (χ0) is 21.2. The van der Waals surface area contributed by atoms with Gasteiger partial charge in [-0.05, 0) is 56.1 Å². The average Bonchev–Trinajstić information content (AvgIpc) is 2.95. The highest BCUT2D eigenvalue weighted by Gasteiger charge is 2.41. The van der Waals surface area contributed by atoms with E-state index in [1.165, 1.54) is 0 Å². The van der Waals surface area contributed by atoms with Crippen molar-refractivity contribution in [2.24, 2.45) is 11.8 Å². The molecule has 0 saturated heterocycles. The molecule has 1 aliphatic carbocycles. The van der Waals surface area contributed by atoms with Crippen LogP contribution >= 0.6 is 0 Å². The van der Waals surface area contributed by atoms with Crippen LogP contribution in [0.3, 0.4) is 0 Å². The molecule has 5 N–H and O–H groups in total. The summed E-state index contributed by atoms with van der Waals surface area (Å²) >= 11 is 0. The lowest BCUT2D eigenvalue weighted by atomic mass is 9.85. The summed E-state index contributed by atoms with van der Waals surface area (Å²) in [7, 11) is 0. The normalized spacial score (nSPS) is 24.9. The van der Waals surface area contributed by atoms with Gasteiger partial charge in [-0.3, -0.25) is 9.59 Å². The summed E-state index contributed by atoms with van der Waals surface area (Å²) in [4.78, 5) is 22.7. The first-order chi connectivity index (χ1) is 13.9. The maximum atomic E-state index is 12.2. The molecule has 0 aliphatic heterocycles. The fourth-order valence-electron chi connectivity index (χ4n) is 4.22. The van der Waals surface area contributed by atoms with E-state index in [9.17, 15) is 24.9 Å². The van der Waals surface area contributed by atoms with Crippen LogP contribution in [0.4, 0.5) is 5.69 Å². The number of amides is 1. The van der Waals surface area contributed by atoms with Gasteiger partial charge < -0.3 is 25.7 Å². The maximum Gasteiger partial charge on any atom is 0.303 e. The van der Waals surface area contributed by atoms with Crippen molar-refractivity contribution in [1.82, 2.24) is 0 Å². The first-order valence-corrected chi connectivity index (χ1v) is 10.5. The van der Waals surface area contributed by atoms with Gasteiger partial charge in [0.15, 0.2) is 0 Å². The zero-order valence-electron chi connectivity index (χ0n) is 16.7. The van der Waals surface area contributed by atoms with E-state index in [0.717, 1.165) is 25.7 Å². The molecule has 0 bridgehead atoms. The highest BCUT2D eigenvalue weighted by molar-refractivity contribution is 5.93. The van der Waals surface area contributed by atoms with Crippen LogP contribution in [0.5, 0.6) is 0 Å². The number of nitrogens with one attached hydrogen (secondary N) is 1. The van der Waals surface area contributed by atoms with Crippen LogP contribution in [0.25, 0.3) is 0 Å². The molecular formula is C22H33NO6. The molecule has 1 fully saturated rings. The fraction of sp³-hybridized carbons (Fsp3) is 0.636. The first kappa shape index (κ1) is 23.3. The van der Waals surface area contributed by atoms with Crippen LogP contribution < -0.4 is 5.32 Å². The highest BCUT2D eigenvalue weighted by Crippen LogP contribution is 2.39. The van der Waals surface area contributed by atoms with Gasteiger partial charge in [0.2, 0.25) is 0 Å². The number of aliphatic hydroxyl groups excluding tert-OH is 3. The largest absolute Gasteiger partial charge is 0.481 e. The number of anilines is 1. The molecule has 0 spiro atoms. The summed E-state index contributed by atoms with van der Waals surface area (Å²) in [5.74, 6) is -1.47. The van der Waals surface area contributed by atoms with Crippen LogP contribution in [-0.4, -0.2) is 50.6 Å². The number of carbonyl (C=O) groups excluding carboxylic acids is 1. The smallest absolute Gasteiger partial charge is 0.303 e. The summed E-state index contributed by atoms with van der Waals surface area (Å²) in [6, 6.07) is 8.92. The van der Waals surface area contributed by atoms with Crippen LogP contribution in [0.2, 0.25) is 0 Å². The standard InChI is InChI=1S/C22H33NO6/c24-18(22(29)23-15-8-4-3-5-9-15)13-12-17-16(19(25)14-20(17)26)10-6-1-2-7-11-21(27)28/h3-5,8-9,16-20,24-26H,1-2,6-7,10-14H2,(H,23,29)(H,27,28)/t16-,17-,18?,19+,20?/m1/s1. The molecule has 2 rings (SSSR count). The second kappa shape index (κ2) is 11.9. The number of unbranched alkanes of at least 4 members (excludes halogenated alkanes) is 3. The Balaban J connectivity index is 1.76. The molecule has 1 saturated carbocycles. The number of carbonyl (C=O) groups is 2. The molecule has 5 atom stereocenters. The van der Waals surface area contributed by atoms with Gasteiger partial charge in [0.1, 0.15) is 6.10 Å². The van der Waals surface area contributed by atoms with Crippen molar-refractivity contribution in [1.29, 1.82) is 0 Å². The molecule has 0 aromatic heterocycles. The van der Waals surface area contributed by atoms with E-state index in [-0.39, 0.29) is 24.7 Å². The van der Waals surface area contributed by atoms with E-state index in [0.29, 0.717) is 24.9 Å². The third-order valence-corrected chi connectivity index (χ3v) is 5.82. The minimum atomic E-state index is -1.17. The van der Waals surface area contributed by atoms with Gasteiger partial charge in [0.25, 0.3) is 5.91 Å². The van der Waals surface area contributed by atoms with E-state index in [2.05, 4.69) is 5.32 Å². The van der Waals surface area contributed by atoms with Crippen LogP contribution in [0.15, 0.2) is 30.3 Å². The Labute approximate surface area is 171 Å². The molecular weight excluding hydrogens is 374 g/mol. The first-order valence-electron chi connectivity index (χ1n) is 10.5. The SMILES string of the molecule is O=C(O)CCCCCC[C@H]1[C@@H](O)CC(O)[C@@H]1CCC(O)C(=O)Nc1ccccc1. The summed E-state index contributed by atoms with van der Waals surface area (Å²) in [5.41, 5.74) is 0.619. The molecule has 1 aliphatic rings. The zero-order valence-corrected chi connectivity index (χ0v) is 16.7. The van der Waals surface area contributed by atoms with Crippen LogP contribution in [0, 0.1) is 11.8 Å². The summed E-state index contributed by atoms with van der Waals surface area (Å²) in [6.07, 6.45) is 2.79. The molecule has 2 unspecified atom stereocenters. The van der Waals surface area contributed by atoms with Crippen molar-refractivity contribution in [3.8, 4) is 0 Å². The van der Waals surface area contributed by atoms with Gasteiger partial charge in [-0.15, -0.1) is 0 Å². The monoisotopic (exact) mass is 407 g/mol. The van der Waals surface area contributed by atoms with Gasteiger partial charge in [0.05, 0.1) is 12.2 Å². The van der Waals surface area contributed by atoms with Crippen LogP contribution in [-0.2, 0) is 9.59 Å². The molecule has 0 radical (unpaired) electrons. The van der Waals surface area contributed by atoms with Crippen molar-refractivity contribution >= 4 is 17.6 Å². The molecule has 7 heteroatoms. The lowest BCUT2D eigenvalue weighted by Crippen LogP contribution is -2.30. The maximum absolute atomic E-state index is 12.2. The highest BCUT2D eigenvalue weighted by atomic mass is 16.4. The van der Waals surface area contributed by atoms with Crippen molar-refractivity contribution in [3.63, 3.8) is 0 Å². The minimum Gasteiger partial charge on any atom is -0.481 e. The Bertz CT molecular complexity index is 637. The molecule has 1 amide bonds. The quantitative estimate of drug-likeness (QED) is 0.339. The Kier molecular flexibility index (Phi) is 9.57. The lowest BCUT2D eigenvalue weighted by molar-refractivity contribution is -0.137. The minimum absolute atomic E-state index is 0.0612. The number of aliphatic hydroxyl groups is 3. The van der Waals surface area contributed by atoms with Crippen molar-refractivity contribution in [2.75, 3.05) is 5.32 Å².